The summed E-state index contributed by atoms with van der Waals surface area (Å²) in [5.74, 6) is 0.996. The Morgan fingerprint density at radius 3 is 2.31 bits per heavy atom. The summed E-state index contributed by atoms with van der Waals surface area (Å²) in [6, 6.07) is 12.7. The first-order valence-electron chi connectivity index (χ1n) is 9.47. The van der Waals surface area contributed by atoms with E-state index >= 15 is 0 Å². The van der Waals surface area contributed by atoms with Gasteiger partial charge in [-0.2, -0.15) is 4.31 Å². The number of carbonyl (C=O) groups is 1. The van der Waals surface area contributed by atoms with Crippen molar-refractivity contribution < 1.29 is 17.9 Å². The van der Waals surface area contributed by atoms with E-state index in [-0.39, 0.29) is 10.8 Å². The molecule has 6 nitrogen and oxygen atoms in total. The van der Waals surface area contributed by atoms with Crippen LogP contribution in [0.2, 0.25) is 0 Å². The number of benzene rings is 2. The normalized spacial score (nSPS) is 15.2. The first-order valence-corrected chi connectivity index (χ1v) is 12.1. The van der Waals surface area contributed by atoms with Crippen LogP contribution in [0.1, 0.15) is 16.7 Å². The van der Waals surface area contributed by atoms with Gasteiger partial charge in [0.1, 0.15) is 0 Å². The van der Waals surface area contributed by atoms with E-state index in [1.54, 1.807) is 23.9 Å². The SMILES string of the molecule is Cc1cc(C)cc(CSCC(=O)Nc2ccc(S(=O)(=O)N3CCOCC3)cc2)c1. The molecule has 8 heteroatoms. The lowest BCUT2D eigenvalue weighted by Gasteiger charge is -2.26. The molecule has 1 saturated heterocycles. The molecule has 0 spiro atoms. The van der Waals surface area contributed by atoms with Crippen molar-refractivity contribution in [3.8, 4) is 0 Å². The van der Waals surface area contributed by atoms with E-state index < -0.39 is 10.0 Å². The van der Waals surface area contributed by atoms with Crippen LogP contribution >= 0.6 is 11.8 Å². The maximum atomic E-state index is 12.6. The van der Waals surface area contributed by atoms with Crippen molar-refractivity contribution in [3.05, 3.63) is 59.2 Å². The van der Waals surface area contributed by atoms with E-state index in [1.807, 2.05) is 0 Å². The molecule has 1 aliphatic rings. The Hall–Kier alpha value is -1.87. The largest absolute Gasteiger partial charge is 0.379 e. The maximum Gasteiger partial charge on any atom is 0.243 e. The van der Waals surface area contributed by atoms with Crippen LogP contribution in [0.25, 0.3) is 0 Å². The van der Waals surface area contributed by atoms with E-state index in [2.05, 4.69) is 37.4 Å². The van der Waals surface area contributed by atoms with Crippen LogP contribution in [0.4, 0.5) is 5.69 Å². The van der Waals surface area contributed by atoms with Gasteiger partial charge in [-0.15, -0.1) is 11.8 Å². The quantitative estimate of drug-likeness (QED) is 0.724. The molecule has 0 saturated carbocycles. The number of amides is 1. The third kappa shape index (κ3) is 6.05. The number of hydrogen-bond donors (Lipinski definition) is 1. The molecule has 1 N–H and O–H groups in total. The summed E-state index contributed by atoms with van der Waals surface area (Å²) in [7, 11) is -3.52. The number of nitrogens with one attached hydrogen (secondary N) is 1. The molecule has 1 heterocycles. The molecule has 1 amide bonds. The van der Waals surface area contributed by atoms with Crippen molar-refractivity contribution in [2.45, 2.75) is 24.5 Å². The standard InChI is InChI=1S/C21H26N2O4S2/c1-16-11-17(2)13-18(12-16)14-28-15-21(24)22-19-3-5-20(6-4-19)29(25,26)23-7-9-27-10-8-23/h3-6,11-13H,7-10,14-15H2,1-2H3,(H,22,24). The number of nitrogens with zero attached hydrogens (tertiary/aromatic N) is 1. The average molecular weight is 435 g/mol. The Morgan fingerprint density at radius 1 is 1.07 bits per heavy atom. The van der Waals surface area contributed by atoms with Crippen molar-refractivity contribution in [1.29, 1.82) is 0 Å². The van der Waals surface area contributed by atoms with Gasteiger partial charge in [0.2, 0.25) is 15.9 Å². The van der Waals surface area contributed by atoms with E-state index in [9.17, 15) is 13.2 Å². The minimum Gasteiger partial charge on any atom is -0.379 e. The van der Waals surface area contributed by atoms with Crippen LogP contribution < -0.4 is 5.32 Å². The molecule has 1 aliphatic heterocycles. The smallest absolute Gasteiger partial charge is 0.243 e. The van der Waals surface area contributed by atoms with Gasteiger partial charge in [-0.25, -0.2) is 8.42 Å². The minimum atomic E-state index is -3.52. The zero-order valence-corrected chi connectivity index (χ0v) is 18.3. The van der Waals surface area contributed by atoms with Crippen LogP contribution in [0, 0.1) is 13.8 Å². The van der Waals surface area contributed by atoms with Crippen LogP contribution in [0.5, 0.6) is 0 Å². The average Bonchev–Trinajstić information content (AvgIpc) is 2.68. The molecule has 2 aromatic rings. The minimum absolute atomic E-state index is 0.108. The Kier molecular flexibility index (Phi) is 7.34. The predicted octanol–water partition coefficient (Wildman–Crippen LogP) is 3.20. The summed E-state index contributed by atoms with van der Waals surface area (Å²) in [6.07, 6.45) is 0. The summed E-state index contributed by atoms with van der Waals surface area (Å²) in [4.78, 5) is 12.4. The Bertz CT molecular complexity index is 933. The fourth-order valence-electron chi connectivity index (χ4n) is 3.26. The molecule has 2 aromatic carbocycles. The van der Waals surface area contributed by atoms with Crippen molar-refractivity contribution in [2.75, 3.05) is 37.4 Å². The number of ether oxygens (including phenoxy) is 1. The lowest BCUT2D eigenvalue weighted by atomic mass is 10.1. The van der Waals surface area contributed by atoms with Gasteiger partial charge >= 0.3 is 0 Å². The van der Waals surface area contributed by atoms with Crippen LogP contribution in [0.3, 0.4) is 0 Å². The highest BCUT2D eigenvalue weighted by Crippen LogP contribution is 2.20. The summed E-state index contributed by atoms with van der Waals surface area (Å²) in [6.45, 7) is 5.67. The van der Waals surface area contributed by atoms with Gasteiger partial charge in [-0.1, -0.05) is 29.3 Å². The molecule has 0 unspecified atom stereocenters. The number of anilines is 1. The summed E-state index contributed by atoms with van der Waals surface area (Å²) < 4.78 is 31.9. The van der Waals surface area contributed by atoms with Gasteiger partial charge in [0, 0.05) is 24.5 Å². The Balaban J connectivity index is 1.51. The third-order valence-corrected chi connectivity index (χ3v) is 7.45. The Morgan fingerprint density at radius 2 is 1.69 bits per heavy atom. The molecule has 0 aliphatic carbocycles. The number of aryl methyl sites for hydroxylation is 2. The van der Waals surface area contributed by atoms with Crippen molar-refractivity contribution >= 4 is 33.4 Å². The lowest BCUT2D eigenvalue weighted by molar-refractivity contribution is -0.113. The van der Waals surface area contributed by atoms with E-state index in [0.29, 0.717) is 37.7 Å². The summed E-state index contributed by atoms with van der Waals surface area (Å²) >= 11 is 1.55. The molecule has 29 heavy (non-hydrogen) atoms. The first-order chi connectivity index (χ1) is 13.8. The topological polar surface area (TPSA) is 75.7 Å². The second-order valence-electron chi connectivity index (χ2n) is 7.08. The number of hydrogen-bond acceptors (Lipinski definition) is 5. The zero-order chi connectivity index (χ0) is 20.9. The zero-order valence-electron chi connectivity index (χ0n) is 16.7. The van der Waals surface area contributed by atoms with Gasteiger partial charge < -0.3 is 10.1 Å². The van der Waals surface area contributed by atoms with Gasteiger partial charge in [-0.05, 0) is 43.7 Å². The molecule has 0 bridgehead atoms. The number of sulfonamides is 1. The number of thioether (sulfide) groups is 1. The van der Waals surface area contributed by atoms with Gasteiger partial charge in [0.05, 0.1) is 23.9 Å². The van der Waals surface area contributed by atoms with Gasteiger partial charge in [0.25, 0.3) is 0 Å². The lowest BCUT2D eigenvalue weighted by Crippen LogP contribution is -2.40. The number of morpholine rings is 1. The molecule has 1 fully saturated rings. The highest BCUT2D eigenvalue weighted by Gasteiger charge is 2.26. The van der Waals surface area contributed by atoms with Crippen molar-refractivity contribution in [2.24, 2.45) is 0 Å². The molecule has 0 radical (unpaired) electrons. The fraction of sp³-hybridized carbons (Fsp3) is 0.381. The van der Waals surface area contributed by atoms with Crippen LogP contribution in [-0.2, 0) is 25.3 Å². The van der Waals surface area contributed by atoms with Crippen molar-refractivity contribution in [3.63, 3.8) is 0 Å². The molecular weight excluding hydrogens is 408 g/mol. The third-order valence-electron chi connectivity index (χ3n) is 4.53. The summed E-state index contributed by atoms with van der Waals surface area (Å²) in [5, 5.41) is 2.82. The monoisotopic (exact) mass is 434 g/mol. The van der Waals surface area contributed by atoms with Gasteiger partial charge in [-0.3, -0.25) is 4.79 Å². The fourth-order valence-corrected chi connectivity index (χ4v) is 5.43. The maximum absolute atomic E-state index is 12.6. The van der Waals surface area contributed by atoms with E-state index in [4.69, 9.17) is 4.74 Å². The first kappa shape index (κ1) is 21.8. The molecule has 0 atom stereocenters. The van der Waals surface area contributed by atoms with Crippen LogP contribution in [0.15, 0.2) is 47.4 Å². The second kappa shape index (κ2) is 9.75. The van der Waals surface area contributed by atoms with Gasteiger partial charge in [0.15, 0.2) is 0 Å². The highest BCUT2D eigenvalue weighted by atomic mass is 32.2. The van der Waals surface area contributed by atoms with E-state index in [1.165, 1.54) is 33.1 Å². The number of rotatable bonds is 7. The molecule has 0 aromatic heterocycles. The van der Waals surface area contributed by atoms with E-state index in [0.717, 1.165) is 5.75 Å². The summed E-state index contributed by atoms with van der Waals surface area (Å²) in [5.41, 5.74) is 4.23. The van der Waals surface area contributed by atoms with Crippen LogP contribution in [-0.4, -0.2) is 50.7 Å². The van der Waals surface area contributed by atoms with Crippen molar-refractivity contribution in [1.82, 2.24) is 4.31 Å². The second-order valence-corrected chi connectivity index (χ2v) is 10.0. The molecule has 3 rings (SSSR count). The molecule has 156 valence electrons. The molecular formula is C21H26N2O4S2. The number of carbonyl (C=O) groups excluding carboxylic acids is 1. The predicted molar refractivity (Wildman–Crippen MR) is 117 cm³/mol. The highest BCUT2D eigenvalue weighted by molar-refractivity contribution is 7.99. The Labute approximate surface area is 176 Å².